The third kappa shape index (κ3) is 5.04. The van der Waals surface area contributed by atoms with E-state index in [0.29, 0.717) is 6.04 Å². The first-order valence-electron chi connectivity index (χ1n) is 6.26. The first kappa shape index (κ1) is 15.6. The van der Waals surface area contributed by atoms with E-state index in [4.69, 9.17) is 0 Å². The van der Waals surface area contributed by atoms with E-state index < -0.39 is 0 Å². The molecule has 102 valence electrons. The lowest BCUT2D eigenvalue weighted by Crippen LogP contribution is -2.32. The highest BCUT2D eigenvalue weighted by Crippen LogP contribution is 2.21. The summed E-state index contributed by atoms with van der Waals surface area (Å²) >= 11 is 3.27. The molecule has 0 amide bonds. The van der Waals surface area contributed by atoms with Crippen LogP contribution in [0.25, 0.3) is 0 Å². The van der Waals surface area contributed by atoms with Gasteiger partial charge in [-0.15, -0.1) is 0 Å². The molecule has 0 saturated heterocycles. The number of nitrogens with zero attached hydrogens (tertiary/aromatic N) is 1. The summed E-state index contributed by atoms with van der Waals surface area (Å²) < 4.78 is 14.6. The Labute approximate surface area is 118 Å². The molecular weight excluding hydrogens is 295 g/mol. The van der Waals surface area contributed by atoms with Crippen LogP contribution in [0.1, 0.15) is 31.9 Å². The third-order valence-corrected chi connectivity index (χ3v) is 3.47. The fraction of sp³-hybridized carbons (Fsp3) is 0.571. The lowest BCUT2D eigenvalue weighted by molar-refractivity contribution is 0.352. The van der Waals surface area contributed by atoms with E-state index in [1.165, 1.54) is 6.07 Å². The minimum absolute atomic E-state index is 0.0234. The molecule has 2 nitrogen and oxygen atoms in total. The lowest BCUT2D eigenvalue weighted by atomic mass is 10.1. The Hall–Kier alpha value is -0.450. The van der Waals surface area contributed by atoms with E-state index in [9.17, 15) is 4.39 Å². The van der Waals surface area contributed by atoms with E-state index in [-0.39, 0.29) is 11.9 Å². The van der Waals surface area contributed by atoms with Crippen molar-refractivity contribution in [3.05, 3.63) is 34.1 Å². The summed E-state index contributed by atoms with van der Waals surface area (Å²) in [6.07, 6.45) is 1.05. The van der Waals surface area contributed by atoms with Crippen molar-refractivity contribution < 1.29 is 4.39 Å². The fourth-order valence-corrected chi connectivity index (χ4v) is 2.24. The van der Waals surface area contributed by atoms with Crippen molar-refractivity contribution in [2.75, 3.05) is 20.6 Å². The van der Waals surface area contributed by atoms with Gasteiger partial charge in [0.2, 0.25) is 0 Å². The molecule has 0 heterocycles. The Kier molecular flexibility index (Phi) is 6.26. The predicted molar refractivity (Wildman–Crippen MR) is 78.3 cm³/mol. The zero-order valence-electron chi connectivity index (χ0n) is 11.5. The number of hydrogen-bond donors (Lipinski definition) is 1. The molecule has 0 aromatic heterocycles. The molecule has 0 radical (unpaired) electrons. The number of halogens is 2. The highest BCUT2D eigenvalue weighted by molar-refractivity contribution is 9.10. The van der Waals surface area contributed by atoms with Gasteiger partial charge in [0.25, 0.3) is 0 Å². The fourth-order valence-electron chi connectivity index (χ4n) is 1.90. The Morgan fingerprint density at radius 1 is 1.33 bits per heavy atom. The minimum Gasteiger partial charge on any atom is -0.309 e. The SMILES string of the molecule is CC(CCN(C)C)NC(C)c1ccc(Br)cc1F. The van der Waals surface area contributed by atoms with Gasteiger partial charge in [-0.2, -0.15) is 0 Å². The molecule has 0 aliphatic rings. The van der Waals surface area contributed by atoms with Gasteiger partial charge in [0.05, 0.1) is 0 Å². The van der Waals surface area contributed by atoms with Crippen LogP contribution in [0.4, 0.5) is 4.39 Å². The molecule has 2 unspecified atom stereocenters. The zero-order valence-corrected chi connectivity index (χ0v) is 13.1. The second-order valence-electron chi connectivity index (χ2n) is 5.05. The van der Waals surface area contributed by atoms with Crippen LogP contribution in [0.15, 0.2) is 22.7 Å². The average Bonchev–Trinajstić information content (AvgIpc) is 2.26. The molecule has 1 rings (SSSR count). The van der Waals surface area contributed by atoms with E-state index in [1.54, 1.807) is 0 Å². The highest BCUT2D eigenvalue weighted by Gasteiger charge is 2.13. The van der Waals surface area contributed by atoms with Crippen molar-refractivity contribution in [1.29, 1.82) is 0 Å². The maximum absolute atomic E-state index is 13.8. The van der Waals surface area contributed by atoms with E-state index >= 15 is 0 Å². The Bertz CT molecular complexity index is 382. The van der Waals surface area contributed by atoms with Crippen molar-refractivity contribution in [3.8, 4) is 0 Å². The van der Waals surface area contributed by atoms with Crippen molar-refractivity contribution in [1.82, 2.24) is 10.2 Å². The van der Waals surface area contributed by atoms with Crippen LogP contribution in [0.5, 0.6) is 0 Å². The van der Waals surface area contributed by atoms with Crippen molar-refractivity contribution >= 4 is 15.9 Å². The van der Waals surface area contributed by atoms with Crippen LogP contribution in [-0.2, 0) is 0 Å². The van der Waals surface area contributed by atoms with Crippen LogP contribution >= 0.6 is 15.9 Å². The quantitative estimate of drug-likeness (QED) is 0.863. The summed E-state index contributed by atoms with van der Waals surface area (Å²) in [7, 11) is 4.12. The van der Waals surface area contributed by atoms with Crippen molar-refractivity contribution in [2.45, 2.75) is 32.4 Å². The summed E-state index contributed by atoms with van der Waals surface area (Å²) in [6.45, 7) is 5.17. The molecule has 0 aliphatic carbocycles. The second kappa shape index (κ2) is 7.22. The maximum Gasteiger partial charge on any atom is 0.129 e. The van der Waals surface area contributed by atoms with Gasteiger partial charge in [-0.3, -0.25) is 0 Å². The van der Waals surface area contributed by atoms with Gasteiger partial charge in [-0.25, -0.2) is 4.39 Å². The van der Waals surface area contributed by atoms with Crippen molar-refractivity contribution in [2.24, 2.45) is 0 Å². The second-order valence-corrected chi connectivity index (χ2v) is 5.96. The number of rotatable bonds is 6. The van der Waals surface area contributed by atoms with Gasteiger partial charge in [-0.05, 0) is 53.0 Å². The normalized spacial score (nSPS) is 14.8. The highest BCUT2D eigenvalue weighted by atomic mass is 79.9. The summed E-state index contributed by atoms with van der Waals surface area (Å²) in [5, 5.41) is 3.43. The molecule has 1 aromatic rings. The molecule has 0 fully saturated rings. The molecule has 0 saturated carbocycles. The van der Waals surface area contributed by atoms with Gasteiger partial charge >= 0.3 is 0 Å². The smallest absolute Gasteiger partial charge is 0.129 e. The number of nitrogens with one attached hydrogen (secondary N) is 1. The number of hydrogen-bond acceptors (Lipinski definition) is 2. The molecule has 0 aliphatic heterocycles. The Balaban J connectivity index is 2.56. The average molecular weight is 317 g/mol. The van der Waals surface area contributed by atoms with Crippen LogP contribution in [0, 0.1) is 5.82 Å². The first-order chi connectivity index (χ1) is 8.40. The van der Waals surface area contributed by atoms with Crippen LogP contribution < -0.4 is 5.32 Å². The topological polar surface area (TPSA) is 15.3 Å². The van der Waals surface area contributed by atoms with Gasteiger partial charge in [-0.1, -0.05) is 22.0 Å². The van der Waals surface area contributed by atoms with Crippen LogP contribution in [0.2, 0.25) is 0 Å². The monoisotopic (exact) mass is 316 g/mol. The molecule has 4 heteroatoms. The molecule has 2 atom stereocenters. The van der Waals surface area contributed by atoms with Crippen LogP contribution in [-0.4, -0.2) is 31.6 Å². The van der Waals surface area contributed by atoms with E-state index in [2.05, 4.69) is 47.2 Å². The maximum atomic E-state index is 13.8. The van der Waals surface area contributed by atoms with E-state index in [1.807, 2.05) is 19.1 Å². The molecule has 18 heavy (non-hydrogen) atoms. The van der Waals surface area contributed by atoms with Gasteiger partial charge in [0, 0.05) is 22.1 Å². The molecule has 0 bridgehead atoms. The predicted octanol–water partition coefficient (Wildman–Crippen LogP) is 3.58. The van der Waals surface area contributed by atoms with E-state index in [0.717, 1.165) is 23.0 Å². The Morgan fingerprint density at radius 3 is 2.56 bits per heavy atom. The van der Waals surface area contributed by atoms with Gasteiger partial charge in [0.1, 0.15) is 5.82 Å². The summed E-state index contributed by atoms with van der Waals surface area (Å²) in [6, 6.07) is 5.61. The molecule has 1 aromatic carbocycles. The summed E-state index contributed by atoms with van der Waals surface area (Å²) in [5.41, 5.74) is 0.718. The lowest BCUT2D eigenvalue weighted by Gasteiger charge is -2.22. The molecule has 1 N–H and O–H groups in total. The standard InChI is InChI=1S/C14H22BrFN2/c1-10(7-8-18(3)4)17-11(2)13-6-5-12(15)9-14(13)16/h5-6,9-11,17H,7-8H2,1-4H3. The third-order valence-electron chi connectivity index (χ3n) is 2.97. The molecular formula is C14H22BrFN2. The molecule has 0 spiro atoms. The van der Waals surface area contributed by atoms with Crippen molar-refractivity contribution in [3.63, 3.8) is 0 Å². The minimum atomic E-state index is -0.163. The first-order valence-corrected chi connectivity index (χ1v) is 7.05. The zero-order chi connectivity index (χ0) is 13.7. The van der Waals surface area contributed by atoms with Crippen LogP contribution in [0.3, 0.4) is 0 Å². The largest absolute Gasteiger partial charge is 0.309 e. The van der Waals surface area contributed by atoms with Gasteiger partial charge in [0.15, 0.2) is 0 Å². The summed E-state index contributed by atoms with van der Waals surface area (Å²) in [4.78, 5) is 2.16. The Morgan fingerprint density at radius 2 is 2.00 bits per heavy atom. The van der Waals surface area contributed by atoms with Gasteiger partial charge < -0.3 is 10.2 Å². The summed E-state index contributed by atoms with van der Waals surface area (Å²) in [5.74, 6) is -0.163. The number of benzene rings is 1.